The minimum absolute atomic E-state index is 0.112. The van der Waals surface area contributed by atoms with Gasteiger partial charge in [0.15, 0.2) is 11.0 Å². The van der Waals surface area contributed by atoms with E-state index < -0.39 is 0 Å². The number of rotatable bonds is 6. The molecule has 2 heterocycles. The van der Waals surface area contributed by atoms with Crippen molar-refractivity contribution < 1.29 is 4.79 Å². The van der Waals surface area contributed by atoms with E-state index in [-0.39, 0.29) is 11.7 Å². The number of para-hydroxylation sites is 1. The lowest BCUT2D eigenvalue weighted by molar-refractivity contribution is -0.113. The number of nitrogens with zero attached hydrogens (tertiary/aromatic N) is 4. The summed E-state index contributed by atoms with van der Waals surface area (Å²) in [6, 6.07) is 21.1. The van der Waals surface area contributed by atoms with Crippen LogP contribution in [-0.2, 0) is 4.79 Å². The van der Waals surface area contributed by atoms with Crippen molar-refractivity contribution in [3.63, 3.8) is 0 Å². The summed E-state index contributed by atoms with van der Waals surface area (Å²) in [7, 11) is 0. The van der Waals surface area contributed by atoms with Gasteiger partial charge < -0.3 is 5.32 Å². The predicted molar refractivity (Wildman–Crippen MR) is 118 cm³/mol. The van der Waals surface area contributed by atoms with Crippen LogP contribution in [-0.4, -0.2) is 31.4 Å². The van der Waals surface area contributed by atoms with Gasteiger partial charge in [-0.25, -0.2) is 0 Å². The van der Waals surface area contributed by atoms with E-state index in [0.29, 0.717) is 11.0 Å². The number of amides is 1. The molecule has 2 aromatic carbocycles. The molecule has 0 saturated heterocycles. The fraction of sp³-hybridized carbons (Fsp3) is 0.0476. The van der Waals surface area contributed by atoms with Crippen LogP contribution in [0.15, 0.2) is 88.8 Å². The van der Waals surface area contributed by atoms with E-state index in [2.05, 4.69) is 36.4 Å². The second-order valence-electron chi connectivity index (χ2n) is 6.07. The molecular formula is C21H16BrN5OS. The van der Waals surface area contributed by atoms with Gasteiger partial charge in [0.05, 0.1) is 5.75 Å². The summed E-state index contributed by atoms with van der Waals surface area (Å²) < 4.78 is 2.85. The van der Waals surface area contributed by atoms with Crippen LogP contribution in [0.4, 0.5) is 5.69 Å². The highest BCUT2D eigenvalue weighted by Gasteiger charge is 2.17. The molecule has 144 valence electrons. The maximum Gasteiger partial charge on any atom is 0.234 e. The molecule has 0 spiro atoms. The molecule has 1 amide bonds. The zero-order valence-electron chi connectivity index (χ0n) is 15.2. The van der Waals surface area contributed by atoms with Crippen LogP contribution in [0.3, 0.4) is 0 Å². The fourth-order valence-corrected chi connectivity index (χ4v) is 3.90. The number of thioether (sulfide) groups is 1. The molecule has 0 radical (unpaired) electrons. The van der Waals surface area contributed by atoms with Gasteiger partial charge in [-0.3, -0.25) is 14.3 Å². The van der Waals surface area contributed by atoms with E-state index in [1.54, 1.807) is 12.4 Å². The van der Waals surface area contributed by atoms with Crippen LogP contribution in [0.1, 0.15) is 0 Å². The van der Waals surface area contributed by atoms with Crippen molar-refractivity contribution in [1.82, 2.24) is 19.7 Å². The zero-order chi connectivity index (χ0) is 20.1. The van der Waals surface area contributed by atoms with E-state index in [1.165, 1.54) is 11.8 Å². The summed E-state index contributed by atoms with van der Waals surface area (Å²) in [5.74, 6) is 0.780. The molecule has 0 fully saturated rings. The number of benzene rings is 2. The maximum absolute atomic E-state index is 12.4. The molecule has 2 aromatic heterocycles. The van der Waals surface area contributed by atoms with Crippen LogP contribution in [0.5, 0.6) is 0 Å². The number of nitrogens with one attached hydrogen (secondary N) is 1. The van der Waals surface area contributed by atoms with E-state index in [9.17, 15) is 4.79 Å². The van der Waals surface area contributed by atoms with Crippen LogP contribution < -0.4 is 5.32 Å². The van der Waals surface area contributed by atoms with Gasteiger partial charge in [0.1, 0.15) is 0 Å². The fourth-order valence-electron chi connectivity index (χ4n) is 2.75. The smallest absolute Gasteiger partial charge is 0.234 e. The second-order valence-corrected chi connectivity index (χ2v) is 7.92. The van der Waals surface area contributed by atoms with Gasteiger partial charge in [0.2, 0.25) is 5.91 Å². The Morgan fingerprint density at radius 1 is 1.03 bits per heavy atom. The molecule has 0 aliphatic heterocycles. The minimum atomic E-state index is -0.112. The molecule has 0 unspecified atom stereocenters. The summed E-state index contributed by atoms with van der Waals surface area (Å²) in [6.07, 6.45) is 3.46. The average molecular weight is 466 g/mol. The number of pyridine rings is 1. The lowest BCUT2D eigenvalue weighted by Crippen LogP contribution is -2.14. The molecule has 8 heteroatoms. The number of aromatic nitrogens is 4. The Bertz CT molecular complexity index is 1120. The van der Waals surface area contributed by atoms with E-state index in [4.69, 9.17) is 0 Å². The van der Waals surface area contributed by atoms with Gasteiger partial charge in [-0.1, -0.05) is 52.0 Å². The Kier molecular flexibility index (Phi) is 6.02. The number of carbonyl (C=O) groups is 1. The first-order chi connectivity index (χ1) is 14.2. The summed E-state index contributed by atoms with van der Waals surface area (Å²) >= 11 is 4.74. The van der Waals surface area contributed by atoms with Crippen LogP contribution in [0.2, 0.25) is 0 Å². The monoisotopic (exact) mass is 465 g/mol. The molecule has 0 aliphatic rings. The van der Waals surface area contributed by atoms with Gasteiger partial charge in [0, 0.05) is 33.8 Å². The van der Waals surface area contributed by atoms with Crippen LogP contribution in [0, 0.1) is 0 Å². The highest BCUT2D eigenvalue weighted by atomic mass is 79.9. The number of anilines is 1. The number of hydrogen-bond acceptors (Lipinski definition) is 5. The van der Waals surface area contributed by atoms with Crippen LogP contribution >= 0.6 is 27.7 Å². The molecule has 4 rings (SSSR count). The van der Waals surface area contributed by atoms with E-state index in [1.807, 2.05) is 71.3 Å². The van der Waals surface area contributed by atoms with Crippen molar-refractivity contribution in [2.24, 2.45) is 0 Å². The van der Waals surface area contributed by atoms with E-state index >= 15 is 0 Å². The summed E-state index contributed by atoms with van der Waals surface area (Å²) in [5, 5.41) is 12.2. The van der Waals surface area contributed by atoms with Gasteiger partial charge in [-0.15, -0.1) is 10.2 Å². The molecular weight excluding hydrogens is 450 g/mol. The molecule has 0 saturated carbocycles. The zero-order valence-corrected chi connectivity index (χ0v) is 17.6. The number of hydrogen-bond donors (Lipinski definition) is 1. The molecule has 1 N–H and O–H groups in total. The predicted octanol–water partition coefficient (Wildman–Crippen LogP) is 4.82. The first-order valence-electron chi connectivity index (χ1n) is 8.80. The van der Waals surface area contributed by atoms with Crippen molar-refractivity contribution in [2.75, 3.05) is 11.1 Å². The topological polar surface area (TPSA) is 72.7 Å². The highest BCUT2D eigenvalue weighted by Crippen LogP contribution is 2.27. The first kappa shape index (κ1) is 19.4. The number of carbonyl (C=O) groups excluding carboxylic acids is 1. The third-order valence-corrected chi connectivity index (χ3v) is 5.43. The maximum atomic E-state index is 12.4. The Morgan fingerprint density at radius 3 is 2.66 bits per heavy atom. The molecule has 0 atom stereocenters. The Hall–Kier alpha value is -2.97. The second kappa shape index (κ2) is 9.02. The molecule has 4 aromatic rings. The van der Waals surface area contributed by atoms with Crippen LogP contribution in [0.25, 0.3) is 17.1 Å². The Balaban J connectivity index is 1.57. The van der Waals surface area contributed by atoms with Gasteiger partial charge in [-0.2, -0.15) is 0 Å². The Labute approximate surface area is 180 Å². The molecule has 0 bridgehead atoms. The highest BCUT2D eigenvalue weighted by molar-refractivity contribution is 9.10. The largest absolute Gasteiger partial charge is 0.325 e. The average Bonchev–Trinajstić information content (AvgIpc) is 3.17. The van der Waals surface area contributed by atoms with Crippen molar-refractivity contribution >= 4 is 39.3 Å². The summed E-state index contributed by atoms with van der Waals surface area (Å²) in [6.45, 7) is 0. The minimum Gasteiger partial charge on any atom is -0.325 e. The van der Waals surface area contributed by atoms with Crippen molar-refractivity contribution in [3.05, 3.63) is 83.6 Å². The quantitative estimate of drug-likeness (QED) is 0.413. The van der Waals surface area contributed by atoms with Gasteiger partial charge >= 0.3 is 0 Å². The normalized spacial score (nSPS) is 10.7. The third kappa shape index (κ3) is 4.72. The van der Waals surface area contributed by atoms with E-state index in [0.717, 1.165) is 21.4 Å². The van der Waals surface area contributed by atoms with Gasteiger partial charge in [0.25, 0.3) is 0 Å². The first-order valence-corrected chi connectivity index (χ1v) is 10.6. The van der Waals surface area contributed by atoms with Crippen molar-refractivity contribution in [3.8, 4) is 17.1 Å². The standard InChI is InChI=1S/C21H16BrN5OS/c22-16-7-4-8-17(12-16)24-19(28)14-29-21-26-25-20(15-6-5-11-23-13-15)27(21)18-9-2-1-3-10-18/h1-13H,14H2,(H,24,28). The number of halogens is 1. The summed E-state index contributed by atoms with van der Waals surface area (Å²) in [4.78, 5) is 16.6. The van der Waals surface area contributed by atoms with Crippen molar-refractivity contribution in [2.45, 2.75) is 5.16 Å². The lowest BCUT2D eigenvalue weighted by Gasteiger charge is -2.10. The SMILES string of the molecule is O=C(CSc1nnc(-c2cccnc2)n1-c1ccccc1)Nc1cccc(Br)c1. The summed E-state index contributed by atoms with van der Waals surface area (Å²) in [5.41, 5.74) is 2.52. The molecule has 0 aliphatic carbocycles. The van der Waals surface area contributed by atoms with Crippen molar-refractivity contribution in [1.29, 1.82) is 0 Å². The Morgan fingerprint density at radius 2 is 1.90 bits per heavy atom. The molecule has 29 heavy (non-hydrogen) atoms. The van der Waals surface area contributed by atoms with Gasteiger partial charge in [-0.05, 0) is 42.5 Å². The molecule has 6 nitrogen and oxygen atoms in total. The third-order valence-electron chi connectivity index (χ3n) is 4.01. The lowest BCUT2D eigenvalue weighted by atomic mass is 10.2.